The van der Waals surface area contributed by atoms with E-state index in [0.29, 0.717) is 70.5 Å². The van der Waals surface area contributed by atoms with Gasteiger partial charge in [-0.1, -0.05) is 68.3 Å². The van der Waals surface area contributed by atoms with E-state index in [1.165, 1.54) is 12.2 Å². The van der Waals surface area contributed by atoms with E-state index >= 15 is 0 Å². The van der Waals surface area contributed by atoms with Gasteiger partial charge in [0.2, 0.25) is 0 Å². The van der Waals surface area contributed by atoms with Crippen LogP contribution in [-0.2, 0) is 23.7 Å². The number of alkyl halides is 6. The molecule has 0 aliphatic rings. The molecule has 3 aromatic carbocycles. The number of carbonyl (C=O) groups is 1. The topological polar surface area (TPSA) is 58.6 Å². The molecule has 0 saturated carbocycles. The number of rotatable bonds is 14. The molecule has 11 heteroatoms. The van der Waals surface area contributed by atoms with E-state index in [9.17, 15) is 36.2 Å². The van der Waals surface area contributed by atoms with Crippen molar-refractivity contribution in [3.63, 3.8) is 0 Å². The molecule has 52 heavy (non-hydrogen) atoms. The number of ether oxygens (including phenoxy) is 1. The number of carboxylic acids is 1. The first-order valence-electron chi connectivity index (χ1n) is 16.6. The Morgan fingerprint density at radius 2 is 1.44 bits per heavy atom. The van der Waals surface area contributed by atoms with Crippen LogP contribution in [0.1, 0.15) is 80.3 Å². The minimum absolute atomic E-state index is 0.0614. The molecule has 3 aromatic rings. The third kappa shape index (κ3) is 11.9. The molecule has 0 saturated heterocycles. The van der Waals surface area contributed by atoms with Crippen molar-refractivity contribution in [3.05, 3.63) is 145 Å². The lowest BCUT2D eigenvalue weighted by molar-refractivity contribution is -0.143. The van der Waals surface area contributed by atoms with Crippen molar-refractivity contribution < 1.29 is 41.0 Å². The van der Waals surface area contributed by atoms with Crippen LogP contribution < -0.4 is 10.1 Å². The molecule has 278 valence electrons. The largest absolute Gasteiger partial charge is 0.478 e. The second kappa shape index (κ2) is 18.2. The fourth-order valence-electron chi connectivity index (χ4n) is 5.36. The van der Waals surface area contributed by atoms with Crippen LogP contribution in [0.2, 0.25) is 5.02 Å². The monoisotopic (exact) mass is 745 g/mol. The fourth-order valence-corrected chi connectivity index (χ4v) is 5.47. The number of allylic oxidation sites excluding steroid dienone is 7. The third-order valence-electron chi connectivity index (χ3n) is 7.96. The summed E-state index contributed by atoms with van der Waals surface area (Å²) in [6.07, 6.45) is -0.743. The standard InChI is InChI=1S/C41H42ClF6NO3/c1-7-9-11-25(3)37(28(6)49-24-30-14-16-34(17-15-30)52-35-18-26(4)38(42)27(5)19-35)36(39(50)51)22-29(10-8-2)12-13-31-20-32(40(43,44)45)23-33(21-31)41(46,47)48/h10-23,49H,7-9,24H2,1-6H3,(H,50,51)/b13-12+,25-11-,29-10+,36-22+,37-28+. The average molecular weight is 746 g/mol. The molecular formula is C41H42ClF6NO3. The van der Waals surface area contributed by atoms with Crippen LogP contribution in [0.4, 0.5) is 26.3 Å². The maximum absolute atomic E-state index is 13.4. The molecule has 0 bridgehead atoms. The van der Waals surface area contributed by atoms with Gasteiger partial charge >= 0.3 is 18.3 Å². The summed E-state index contributed by atoms with van der Waals surface area (Å²) in [5.74, 6) is 0.0157. The molecule has 0 unspecified atom stereocenters. The van der Waals surface area contributed by atoms with Gasteiger partial charge in [0.25, 0.3) is 0 Å². The van der Waals surface area contributed by atoms with Crippen molar-refractivity contribution in [2.24, 2.45) is 0 Å². The third-order valence-corrected chi connectivity index (χ3v) is 8.56. The van der Waals surface area contributed by atoms with Crippen LogP contribution in [-0.4, -0.2) is 11.1 Å². The highest BCUT2D eigenvalue weighted by Gasteiger charge is 2.36. The number of nitrogens with one attached hydrogen (secondary N) is 1. The summed E-state index contributed by atoms with van der Waals surface area (Å²) in [5.41, 5.74) is 1.31. The van der Waals surface area contributed by atoms with Crippen LogP contribution in [0.25, 0.3) is 6.08 Å². The number of aryl methyl sites for hydroxylation is 2. The van der Waals surface area contributed by atoms with E-state index in [0.717, 1.165) is 29.2 Å². The Bertz CT molecular complexity index is 1840. The number of benzene rings is 3. The Morgan fingerprint density at radius 3 is 1.94 bits per heavy atom. The highest BCUT2D eigenvalue weighted by atomic mass is 35.5. The van der Waals surface area contributed by atoms with Crippen molar-refractivity contribution in [3.8, 4) is 11.5 Å². The quantitative estimate of drug-likeness (QED) is 0.0980. The summed E-state index contributed by atoms with van der Waals surface area (Å²) in [7, 11) is 0. The van der Waals surface area contributed by atoms with Gasteiger partial charge in [-0.3, -0.25) is 0 Å². The van der Waals surface area contributed by atoms with Gasteiger partial charge in [0, 0.05) is 22.8 Å². The Hall–Kier alpha value is -4.70. The minimum Gasteiger partial charge on any atom is -0.478 e. The number of unbranched alkanes of at least 4 members (excludes halogenated alkanes) is 1. The van der Waals surface area contributed by atoms with Gasteiger partial charge in [0.1, 0.15) is 11.5 Å². The Morgan fingerprint density at radius 1 is 0.865 bits per heavy atom. The zero-order valence-corrected chi connectivity index (χ0v) is 30.6. The smallest absolute Gasteiger partial charge is 0.416 e. The average Bonchev–Trinajstić information content (AvgIpc) is 3.07. The highest BCUT2D eigenvalue weighted by molar-refractivity contribution is 6.32. The molecule has 4 nitrogen and oxygen atoms in total. The van der Waals surface area contributed by atoms with E-state index in [-0.39, 0.29) is 17.2 Å². The van der Waals surface area contributed by atoms with Crippen LogP contribution >= 0.6 is 11.6 Å². The molecule has 0 atom stereocenters. The molecular weight excluding hydrogens is 704 g/mol. The molecule has 0 aliphatic heterocycles. The fraction of sp³-hybridized carbons (Fsp3) is 0.293. The summed E-state index contributed by atoms with van der Waals surface area (Å²) in [6, 6.07) is 12.4. The first-order chi connectivity index (χ1) is 24.3. The lowest BCUT2D eigenvalue weighted by Crippen LogP contribution is -2.17. The van der Waals surface area contributed by atoms with E-state index in [1.807, 2.05) is 63.2 Å². The number of aliphatic carboxylic acids is 1. The van der Waals surface area contributed by atoms with Crippen LogP contribution in [0.3, 0.4) is 0 Å². The number of halogens is 7. The maximum Gasteiger partial charge on any atom is 0.416 e. The first kappa shape index (κ1) is 41.7. The lowest BCUT2D eigenvalue weighted by Gasteiger charge is -2.17. The van der Waals surface area contributed by atoms with Crippen LogP contribution in [0.5, 0.6) is 11.5 Å². The highest BCUT2D eigenvalue weighted by Crippen LogP contribution is 2.37. The van der Waals surface area contributed by atoms with Crippen molar-refractivity contribution in [2.75, 3.05) is 0 Å². The van der Waals surface area contributed by atoms with E-state index < -0.39 is 29.4 Å². The molecule has 0 aliphatic carbocycles. The number of hydrogen-bond acceptors (Lipinski definition) is 3. The SMILES string of the molecule is CC/C=C(\C=C\c1cc(C(F)(F)F)cc(C(F)(F)F)c1)/C=C(C(=O)O)\C(C(\C)=C/CCC)=C(/C)NCc1ccc(Oc2cc(C)c(Cl)c(C)c2)cc1. The van der Waals surface area contributed by atoms with E-state index in [2.05, 4.69) is 5.32 Å². The summed E-state index contributed by atoms with van der Waals surface area (Å²) >= 11 is 6.27. The number of hydrogen-bond donors (Lipinski definition) is 2. The summed E-state index contributed by atoms with van der Waals surface area (Å²) in [5, 5.41) is 14.4. The molecule has 3 rings (SSSR count). The Balaban J connectivity index is 1.98. The van der Waals surface area contributed by atoms with Gasteiger partial charge in [0.05, 0.1) is 16.7 Å². The van der Waals surface area contributed by atoms with Crippen molar-refractivity contribution >= 4 is 23.6 Å². The molecule has 2 N–H and O–H groups in total. The van der Waals surface area contributed by atoms with E-state index in [1.54, 1.807) is 26.8 Å². The number of carboxylic acid groups (broad SMARTS) is 1. The van der Waals surface area contributed by atoms with Crippen molar-refractivity contribution in [1.29, 1.82) is 0 Å². The van der Waals surface area contributed by atoms with Gasteiger partial charge in [-0.2, -0.15) is 26.3 Å². The maximum atomic E-state index is 13.4. The molecule has 0 aromatic heterocycles. The molecule has 0 spiro atoms. The zero-order chi connectivity index (χ0) is 38.8. The second-order valence-electron chi connectivity index (χ2n) is 12.3. The van der Waals surface area contributed by atoms with Gasteiger partial charge in [-0.25, -0.2) is 4.79 Å². The summed E-state index contributed by atoms with van der Waals surface area (Å²) in [4.78, 5) is 12.8. The normalized spacial score (nSPS) is 13.8. The van der Waals surface area contributed by atoms with Crippen LogP contribution in [0.15, 0.2) is 107 Å². The zero-order valence-electron chi connectivity index (χ0n) is 29.8. The molecule has 0 heterocycles. The first-order valence-corrected chi connectivity index (χ1v) is 17.0. The Kier molecular flexibility index (Phi) is 14.6. The van der Waals surface area contributed by atoms with Crippen LogP contribution in [0, 0.1) is 13.8 Å². The summed E-state index contributed by atoms with van der Waals surface area (Å²) in [6.45, 7) is 11.5. The predicted octanol–water partition coefficient (Wildman–Crippen LogP) is 13.0. The summed E-state index contributed by atoms with van der Waals surface area (Å²) < 4.78 is 86.7. The second-order valence-corrected chi connectivity index (χ2v) is 12.7. The van der Waals surface area contributed by atoms with Gasteiger partial charge in [-0.15, -0.1) is 0 Å². The minimum atomic E-state index is -5.00. The van der Waals surface area contributed by atoms with Crippen molar-refractivity contribution in [2.45, 2.75) is 79.7 Å². The van der Waals surface area contributed by atoms with E-state index in [4.69, 9.17) is 16.3 Å². The molecule has 0 fully saturated rings. The van der Waals surface area contributed by atoms with Gasteiger partial charge in [-0.05, 0) is 122 Å². The molecule has 0 radical (unpaired) electrons. The lowest BCUT2D eigenvalue weighted by atomic mass is 9.93. The van der Waals surface area contributed by atoms with Gasteiger partial charge in [0.15, 0.2) is 0 Å². The Labute approximate surface area is 305 Å². The molecule has 0 amide bonds. The van der Waals surface area contributed by atoms with Crippen molar-refractivity contribution in [1.82, 2.24) is 5.32 Å². The predicted molar refractivity (Wildman–Crippen MR) is 195 cm³/mol. The van der Waals surface area contributed by atoms with Gasteiger partial charge < -0.3 is 15.2 Å².